The van der Waals surface area contributed by atoms with Gasteiger partial charge < -0.3 is 19.6 Å². The number of carbonyl (C=O) groups is 2. The van der Waals surface area contributed by atoms with Gasteiger partial charge in [-0.05, 0) is 30.8 Å². The van der Waals surface area contributed by atoms with Gasteiger partial charge >= 0.3 is 0 Å². The predicted octanol–water partition coefficient (Wildman–Crippen LogP) is 2.71. The topological polar surface area (TPSA) is 70.1 Å². The quantitative estimate of drug-likeness (QED) is 0.733. The van der Waals surface area contributed by atoms with Crippen molar-refractivity contribution >= 4 is 11.7 Å². The van der Waals surface area contributed by atoms with Crippen LogP contribution in [0.4, 0.5) is 0 Å². The monoisotopic (exact) mass is 360 g/mol. The van der Waals surface area contributed by atoms with Gasteiger partial charge in [0, 0.05) is 19.5 Å². The van der Waals surface area contributed by atoms with Crippen molar-refractivity contribution < 1.29 is 19.4 Å². The number of ether oxygens (including phenoxy) is 1. The molecule has 1 N–H and O–H groups in total. The Balaban J connectivity index is 2.38. The van der Waals surface area contributed by atoms with Crippen LogP contribution in [-0.2, 0) is 9.59 Å². The van der Waals surface area contributed by atoms with Gasteiger partial charge in [0.2, 0.25) is 0 Å². The van der Waals surface area contributed by atoms with E-state index in [1.54, 1.807) is 31.1 Å². The highest BCUT2D eigenvalue weighted by Gasteiger charge is 2.42. The molecule has 1 aliphatic rings. The largest absolute Gasteiger partial charge is 0.503 e. The van der Waals surface area contributed by atoms with Crippen LogP contribution in [0.25, 0.3) is 0 Å². The Morgan fingerprint density at radius 3 is 2.31 bits per heavy atom. The molecular formula is C20H28N2O4. The van der Waals surface area contributed by atoms with Crippen LogP contribution in [0.2, 0.25) is 0 Å². The minimum Gasteiger partial charge on any atom is -0.503 e. The predicted molar refractivity (Wildman–Crippen MR) is 100 cm³/mol. The summed E-state index contributed by atoms with van der Waals surface area (Å²) in [6.45, 7) is 8.76. The number of nitrogens with zero attached hydrogens (tertiary/aromatic N) is 2. The average Bonchev–Trinajstić information content (AvgIpc) is 2.93. The van der Waals surface area contributed by atoms with Crippen molar-refractivity contribution in [1.82, 2.24) is 9.80 Å². The van der Waals surface area contributed by atoms with Gasteiger partial charge in [-0.15, -0.1) is 0 Å². The summed E-state index contributed by atoms with van der Waals surface area (Å²) in [5, 5.41) is 10.4. The molecular weight excluding hydrogens is 332 g/mol. The van der Waals surface area contributed by atoms with Gasteiger partial charge in [0.05, 0.1) is 18.7 Å². The van der Waals surface area contributed by atoms with E-state index in [-0.39, 0.29) is 17.8 Å². The third kappa shape index (κ3) is 3.90. The molecule has 0 aliphatic carbocycles. The van der Waals surface area contributed by atoms with Crippen molar-refractivity contribution in [2.45, 2.75) is 33.2 Å². The lowest BCUT2D eigenvalue weighted by molar-refractivity contribution is -0.129. The van der Waals surface area contributed by atoms with E-state index < -0.39 is 17.7 Å². The van der Waals surface area contributed by atoms with Gasteiger partial charge in [-0.1, -0.05) is 32.9 Å². The number of benzene rings is 1. The van der Waals surface area contributed by atoms with Crippen LogP contribution in [0, 0.1) is 0 Å². The maximum atomic E-state index is 12.7. The third-order valence-corrected chi connectivity index (χ3v) is 4.91. The Hall–Kier alpha value is -2.34. The first kappa shape index (κ1) is 20.0. The average molecular weight is 360 g/mol. The first-order valence-electron chi connectivity index (χ1n) is 9.11. The molecule has 1 unspecified atom stereocenters. The molecule has 1 aromatic rings. The SMILES string of the molecule is CCC(=O)C1=C(O)C(=O)N(CCN(CC)CC)C1c1ccc(OC)cc1. The standard InChI is InChI=1S/C20H28N2O4/c1-5-16(23)17-18(14-8-10-15(26-4)11-9-14)22(20(25)19(17)24)13-12-21(6-2)7-3/h8-11,18,24H,5-7,12-13H2,1-4H3. The fourth-order valence-corrected chi connectivity index (χ4v) is 3.28. The first-order chi connectivity index (χ1) is 12.5. The summed E-state index contributed by atoms with van der Waals surface area (Å²) in [4.78, 5) is 28.9. The van der Waals surface area contributed by atoms with Crippen LogP contribution >= 0.6 is 0 Å². The molecule has 0 aromatic heterocycles. The fraction of sp³-hybridized carbons (Fsp3) is 0.500. The van der Waals surface area contributed by atoms with E-state index in [0.29, 0.717) is 18.8 Å². The van der Waals surface area contributed by atoms with Gasteiger partial charge in [-0.25, -0.2) is 0 Å². The highest BCUT2D eigenvalue weighted by Crippen LogP contribution is 2.38. The number of methoxy groups -OCH3 is 1. The maximum absolute atomic E-state index is 12.7. The lowest BCUT2D eigenvalue weighted by Crippen LogP contribution is -2.38. The number of likely N-dealkylation sites (N-methyl/N-ethyl adjacent to an activating group) is 1. The van der Waals surface area contributed by atoms with Crippen LogP contribution in [0.3, 0.4) is 0 Å². The minimum atomic E-state index is -0.559. The Morgan fingerprint density at radius 2 is 1.81 bits per heavy atom. The Morgan fingerprint density at radius 1 is 1.19 bits per heavy atom. The zero-order valence-electron chi connectivity index (χ0n) is 16.0. The summed E-state index contributed by atoms with van der Waals surface area (Å²) in [7, 11) is 1.59. The number of hydrogen-bond acceptors (Lipinski definition) is 5. The Kier molecular flexibility index (Phi) is 6.80. The number of aliphatic hydroxyl groups is 1. The third-order valence-electron chi connectivity index (χ3n) is 4.91. The Bertz CT molecular complexity index is 678. The molecule has 0 bridgehead atoms. The van der Waals surface area contributed by atoms with E-state index in [1.165, 1.54) is 0 Å². The molecule has 1 atom stereocenters. The Labute approximate surface area is 155 Å². The molecule has 6 nitrogen and oxygen atoms in total. The summed E-state index contributed by atoms with van der Waals surface area (Å²) in [6.07, 6.45) is 0.239. The van der Waals surface area contributed by atoms with Crippen LogP contribution in [0.1, 0.15) is 38.8 Å². The lowest BCUT2D eigenvalue weighted by Gasteiger charge is -2.29. The number of aliphatic hydroxyl groups excluding tert-OH is 1. The van der Waals surface area contributed by atoms with Crippen molar-refractivity contribution in [3.8, 4) is 5.75 Å². The van der Waals surface area contributed by atoms with E-state index in [1.807, 2.05) is 12.1 Å². The molecule has 1 amide bonds. The molecule has 1 heterocycles. The molecule has 0 saturated heterocycles. The van der Waals surface area contributed by atoms with Crippen LogP contribution < -0.4 is 4.74 Å². The number of hydrogen-bond donors (Lipinski definition) is 1. The molecule has 142 valence electrons. The second-order valence-corrected chi connectivity index (χ2v) is 6.24. The van der Waals surface area contributed by atoms with Crippen LogP contribution in [-0.4, -0.2) is 59.9 Å². The van der Waals surface area contributed by atoms with Gasteiger partial charge in [-0.2, -0.15) is 0 Å². The number of amides is 1. The molecule has 26 heavy (non-hydrogen) atoms. The van der Waals surface area contributed by atoms with E-state index in [4.69, 9.17) is 4.74 Å². The van der Waals surface area contributed by atoms with Crippen molar-refractivity contribution in [3.63, 3.8) is 0 Å². The summed E-state index contributed by atoms with van der Waals surface area (Å²) >= 11 is 0. The molecule has 1 aromatic carbocycles. The van der Waals surface area contributed by atoms with Crippen molar-refractivity contribution in [2.24, 2.45) is 0 Å². The highest BCUT2D eigenvalue weighted by molar-refractivity contribution is 6.08. The van der Waals surface area contributed by atoms with Crippen molar-refractivity contribution in [2.75, 3.05) is 33.3 Å². The number of rotatable bonds is 9. The second kappa shape index (κ2) is 8.85. The number of ketones is 1. The number of carbonyl (C=O) groups excluding carboxylic acids is 2. The summed E-state index contributed by atoms with van der Waals surface area (Å²) in [6, 6.07) is 6.71. The van der Waals surface area contributed by atoms with Crippen LogP contribution in [0.15, 0.2) is 35.6 Å². The van der Waals surface area contributed by atoms with Gasteiger partial charge in [0.1, 0.15) is 5.75 Å². The second-order valence-electron chi connectivity index (χ2n) is 6.24. The molecule has 1 aliphatic heterocycles. The zero-order chi connectivity index (χ0) is 19.3. The van der Waals surface area contributed by atoms with E-state index in [0.717, 1.165) is 18.7 Å². The lowest BCUT2D eigenvalue weighted by atomic mass is 9.95. The van der Waals surface area contributed by atoms with Crippen LogP contribution in [0.5, 0.6) is 5.75 Å². The smallest absolute Gasteiger partial charge is 0.290 e. The van der Waals surface area contributed by atoms with Crippen molar-refractivity contribution in [1.29, 1.82) is 0 Å². The van der Waals surface area contributed by atoms with Crippen molar-refractivity contribution in [3.05, 3.63) is 41.2 Å². The van der Waals surface area contributed by atoms with E-state index in [9.17, 15) is 14.7 Å². The summed E-state index contributed by atoms with van der Waals surface area (Å²) in [5.74, 6) is -0.404. The molecule has 2 rings (SSSR count). The fourth-order valence-electron chi connectivity index (χ4n) is 3.28. The zero-order valence-corrected chi connectivity index (χ0v) is 16.0. The maximum Gasteiger partial charge on any atom is 0.290 e. The summed E-state index contributed by atoms with van der Waals surface area (Å²) < 4.78 is 5.19. The highest BCUT2D eigenvalue weighted by atomic mass is 16.5. The molecule has 0 saturated carbocycles. The van der Waals surface area contributed by atoms with Gasteiger partial charge in [0.25, 0.3) is 5.91 Å². The molecule has 0 fully saturated rings. The molecule has 0 spiro atoms. The van der Waals surface area contributed by atoms with Gasteiger partial charge in [0.15, 0.2) is 11.5 Å². The van der Waals surface area contributed by atoms with E-state index in [2.05, 4.69) is 18.7 Å². The minimum absolute atomic E-state index is 0.196. The normalized spacial score (nSPS) is 17.3. The van der Waals surface area contributed by atoms with Gasteiger partial charge in [-0.3, -0.25) is 9.59 Å². The summed E-state index contributed by atoms with van der Waals surface area (Å²) in [5.41, 5.74) is 0.988. The molecule has 0 radical (unpaired) electrons. The van der Waals surface area contributed by atoms with E-state index >= 15 is 0 Å². The number of Topliss-reactive ketones (excluding diaryl/α,β-unsaturated/α-hetero) is 1. The first-order valence-corrected chi connectivity index (χ1v) is 9.11. The molecule has 6 heteroatoms.